The van der Waals surface area contributed by atoms with E-state index in [2.05, 4.69) is 11.8 Å². The topological polar surface area (TPSA) is 89.2 Å². The number of anilines is 1. The molecule has 0 atom stereocenters. The number of fused-ring (bicyclic) bond motifs is 7. The number of carboxylic acid groups (broad SMARTS) is 1. The van der Waals surface area contributed by atoms with Gasteiger partial charge in [0, 0.05) is 42.6 Å². The van der Waals surface area contributed by atoms with E-state index in [1.54, 1.807) is 4.52 Å². The Kier molecular flexibility index (Phi) is 7.15. The van der Waals surface area contributed by atoms with Crippen molar-refractivity contribution in [2.45, 2.75) is 58.5 Å². The molecule has 2 aromatic heterocycles. The van der Waals surface area contributed by atoms with E-state index in [0.29, 0.717) is 65.8 Å². The number of rotatable bonds is 2. The molecule has 0 radical (unpaired) electrons. The molecule has 0 amide bonds. The van der Waals surface area contributed by atoms with Gasteiger partial charge < -0.3 is 19.5 Å². The van der Waals surface area contributed by atoms with Crippen LogP contribution in [0.2, 0.25) is 0 Å². The van der Waals surface area contributed by atoms with E-state index in [4.69, 9.17) is 19.6 Å². The standard InChI is InChI=1S/C32H35FN4O4/c1-20-15-25(33)30-23-8-6-7-22(17-23)26-19-28-34-21(2)24(18-29(38)39)31(37(28)35-26)36-11-9-32(3,10-12-36)41-14-5-4-13-40-27(30)16-20/h6-8,15-17,19H,4-5,9-14,18H2,1-3H3,(H,38,39). The van der Waals surface area contributed by atoms with Gasteiger partial charge in [0.1, 0.15) is 17.4 Å². The van der Waals surface area contributed by atoms with Crippen LogP contribution in [-0.2, 0) is 16.0 Å². The third kappa shape index (κ3) is 5.38. The number of halogens is 1. The Morgan fingerprint density at radius 2 is 1.83 bits per heavy atom. The molecule has 214 valence electrons. The van der Waals surface area contributed by atoms with Gasteiger partial charge >= 0.3 is 5.97 Å². The molecular weight excluding hydrogens is 523 g/mol. The Hall–Kier alpha value is -3.98. The van der Waals surface area contributed by atoms with Crippen LogP contribution in [0, 0.1) is 19.7 Å². The fraction of sp³-hybridized carbons (Fsp3) is 0.406. The fourth-order valence-corrected chi connectivity index (χ4v) is 5.94. The summed E-state index contributed by atoms with van der Waals surface area (Å²) in [4.78, 5) is 18.8. The van der Waals surface area contributed by atoms with Gasteiger partial charge in [0.05, 0.1) is 29.9 Å². The van der Waals surface area contributed by atoms with Crippen LogP contribution < -0.4 is 9.64 Å². The zero-order valence-electron chi connectivity index (χ0n) is 23.7. The van der Waals surface area contributed by atoms with Crippen LogP contribution >= 0.6 is 0 Å². The minimum absolute atomic E-state index is 0.144. The van der Waals surface area contributed by atoms with E-state index < -0.39 is 5.97 Å². The summed E-state index contributed by atoms with van der Waals surface area (Å²) in [5.74, 6) is 0.0308. The SMILES string of the molecule is Cc1cc(F)c2c(c1)OCCCCOC1(C)CCN(CC1)c1c(CC(=O)O)c(C)nc3cc(nn13)-c1cccc-2c1. The van der Waals surface area contributed by atoms with Gasteiger partial charge in [-0.1, -0.05) is 18.2 Å². The number of ether oxygens (including phenoxy) is 2. The lowest BCUT2D eigenvalue weighted by molar-refractivity contribution is -0.136. The summed E-state index contributed by atoms with van der Waals surface area (Å²) in [7, 11) is 0. The summed E-state index contributed by atoms with van der Waals surface area (Å²) in [6, 6.07) is 12.9. The lowest BCUT2D eigenvalue weighted by Crippen LogP contribution is -2.45. The Morgan fingerprint density at radius 1 is 1.07 bits per heavy atom. The Labute approximate surface area is 238 Å². The number of nitrogens with zero attached hydrogens (tertiary/aromatic N) is 4. The molecule has 3 aliphatic heterocycles. The molecule has 7 rings (SSSR count). The number of hydrogen-bond acceptors (Lipinski definition) is 6. The van der Waals surface area contributed by atoms with Gasteiger partial charge in [-0.3, -0.25) is 4.79 Å². The summed E-state index contributed by atoms with van der Waals surface area (Å²) >= 11 is 0. The summed E-state index contributed by atoms with van der Waals surface area (Å²) in [6.45, 7) is 8.37. The summed E-state index contributed by atoms with van der Waals surface area (Å²) in [6.07, 6.45) is 3.10. The average molecular weight is 559 g/mol. The number of aryl methyl sites for hydroxylation is 2. The predicted molar refractivity (Wildman–Crippen MR) is 155 cm³/mol. The number of carbonyl (C=O) groups is 1. The number of hydrogen-bond donors (Lipinski definition) is 1. The third-order valence-electron chi connectivity index (χ3n) is 8.22. The van der Waals surface area contributed by atoms with Crippen LogP contribution in [0.3, 0.4) is 0 Å². The molecule has 0 spiro atoms. The second kappa shape index (κ2) is 10.8. The van der Waals surface area contributed by atoms with E-state index in [1.165, 1.54) is 6.07 Å². The minimum atomic E-state index is -0.913. The van der Waals surface area contributed by atoms with Crippen LogP contribution in [0.1, 0.15) is 49.4 Å². The molecule has 6 bridgehead atoms. The van der Waals surface area contributed by atoms with Crippen LogP contribution in [0.15, 0.2) is 42.5 Å². The predicted octanol–water partition coefficient (Wildman–Crippen LogP) is 5.99. The molecule has 2 aromatic carbocycles. The number of benzene rings is 2. The Morgan fingerprint density at radius 3 is 2.61 bits per heavy atom. The molecule has 0 unspecified atom stereocenters. The van der Waals surface area contributed by atoms with Crippen molar-refractivity contribution in [2.75, 3.05) is 31.2 Å². The molecule has 9 heteroatoms. The first-order chi connectivity index (χ1) is 19.7. The van der Waals surface area contributed by atoms with E-state index in [-0.39, 0.29) is 17.8 Å². The largest absolute Gasteiger partial charge is 0.493 e. The molecule has 1 N–H and O–H groups in total. The van der Waals surface area contributed by atoms with Crippen molar-refractivity contribution in [3.05, 3.63) is 65.1 Å². The lowest BCUT2D eigenvalue weighted by Gasteiger charge is -2.40. The molecule has 3 aliphatic rings. The molecule has 5 heterocycles. The van der Waals surface area contributed by atoms with Crippen molar-refractivity contribution in [3.8, 4) is 28.1 Å². The van der Waals surface area contributed by atoms with Gasteiger partial charge in [-0.2, -0.15) is 9.61 Å². The monoisotopic (exact) mass is 558 g/mol. The molecule has 0 saturated carbocycles. The van der Waals surface area contributed by atoms with Gasteiger partial charge in [-0.05, 0) is 75.8 Å². The average Bonchev–Trinajstić information content (AvgIpc) is 3.34. The number of aliphatic carboxylic acids is 1. The number of carboxylic acids is 1. The minimum Gasteiger partial charge on any atom is -0.493 e. The van der Waals surface area contributed by atoms with Crippen molar-refractivity contribution in [1.29, 1.82) is 0 Å². The summed E-state index contributed by atoms with van der Waals surface area (Å²) in [5, 5.41) is 14.7. The van der Waals surface area contributed by atoms with Gasteiger partial charge in [0.2, 0.25) is 0 Å². The van der Waals surface area contributed by atoms with Gasteiger partial charge in [0.25, 0.3) is 0 Å². The summed E-state index contributed by atoms with van der Waals surface area (Å²) < 4.78 is 29.7. The molecule has 8 nitrogen and oxygen atoms in total. The van der Waals surface area contributed by atoms with Gasteiger partial charge in [-0.25, -0.2) is 9.37 Å². The second-order valence-corrected chi connectivity index (χ2v) is 11.4. The first-order valence-electron chi connectivity index (χ1n) is 14.2. The Balaban J connectivity index is 1.52. The maximum Gasteiger partial charge on any atom is 0.308 e. The normalized spacial score (nSPS) is 17.0. The molecule has 41 heavy (non-hydrogen) atoms. The van der Waals surface area contributed by atoms with Crippen molar-refractivity contribution in [3.63, 3.8) is 0 Å². The van der Waals surface area contributed by atoms with Crippen LogP contribution in [0.5, 0.6) is 5.75 Å². The zero-order valence-corrected chi connectivity index (χ0v) is 23.7. The fourth-order valence-electron chi connectivity index (χ4n) is 5.94. The van der Waals surface area contributed by atoms with Gasteiger partial charge in [0.15, 0.2) is 5.65 Å². The van der Waals surface area contributed by atoms with E-state index >= 15 is 4.39 Å². The second-order valence-electron chi connectivity index (χ2n) is 11.4. The van der Waals surface area contributed by atoms with E-state index in [1.807, 2.05) is 50.2 Å². The smallest absolute Gasteiger partial charge is 0.308 e. The zero-order chi connectivity index (χ0) is 28.7. The Bertz CT molecular complexity index is 1620. The maximum atomic E-state index is 15.4. The highest BCUT2D eigenvalue weighted by molar-refractivity contribution is 5.78. The maximum absolute atomic E-state index is 15.4. The molecule has 4 aromatic rings. The third-order valence-corrected chi connectivity index (χ3v) is 8.22. The molecule has 1 saturated heterocycles. The highest BCUT2D eigenvalue weighted by Gasteiger charge is 2.33. The number of piperidine rings is 1. The van der Waals surface area contributed by atoms with Crippen molar-refractivity contribution in [1.82, 2.24) is 14.6 Å². The molecular formula is C32H35FN4O4. The molecule has 0 aliphatic carbocycles. The number of aromatic nitrogens is 3. The van der Waals surface area contributed by atoms with Crippen molar-refractivity contribution >= 4 is 17.4 Å². The highest BCUT2D eigenvalue weighted by atomic mass is 19.1. The summed E-state index contributed by atoms with van der Waals surface area (Å²) in [5.41, 5.74) is 5.09. The van der Waals surface area contributed by atoms with Gasteiger partial charge in [-0.15, -0.1) is 0 Å². The quantitative estimate of drug-likeness (QED) is 0.323. The van der Waals surface area contributed by atoms with E-state index in [0.717, 1.165) is 42.6 Å². The first-order valence-corrected chi connectivity index (χ1v) is 14.2. The van der Waals surface area contributed by atoms with Crippen molar-refractivity contribution in [2.24, 2.45) is 0 Å². The first kappa shape index (κ1) is 27.2. The van der Waals surface area contributed by atoms with Crippen LogP contribution in [0.4, 0.5) is 10.2 Å². The van der Waals surface area contributed by atoms with Crippen molar-refractivity contribution < 1.29 is 23.8 Å². The molecule has 1 fully saturated rings. The van der Waals surface area contributed by atoms with E-state index in [9.17, 15) is 9.90 Å². The highest BCUT2D eigenvalue weighted by Crippen LogP contribution is 2.37. The van der Waals surface area contributed by atoms with Crippen LogP contribution in [0.25, 0.3) is 28.0 Å². The van der Waals surface area contributed by atoms with Crippen LogP contribution in [-0.4, -0.2) is 57.6 Å². The lowest BCUT2D eigenvalue weighted by atomic mass is 9.93.